The van der Waals surface area contributed by atoms with E-state index >= 15 is 0 Å². The van der Waals surface area contributed by atoms with Crippen LogP contribution in [0.2, 0.25) is 5.02 Å². The molecule has 0 fully saturated rings. The predicted molar refractivity (Wildman–Crippen MR) is 71.3 cm³/mol. The lowest BCUT2D eigenvalue weighted by molar-refractivity contribution is 1.08. The van der Waals surface area contributed by atoms with E-state index in [2.05, 4.69) is 38.1 Å². The Hall–Kier alpha value is -0.760. The average molecular weight is 360 g/mol. The van der Waals surface area contributed by atoms with Crippen LogP contribution in [0.15, 0.2) is 39.4 Å². The summed E-state index contributed by atoms with van der Waals surface area (Å²) in [4.78, 5) is 0. The van der Waals surface area contributed by atoms with E-state index in [0.29, 0.717) is 9.63 Å². The first kappa shape index (κ1) is 11.7. The first-order valence-corrected chi connectivity index (χ1v) is 6.32. The van der Waals surface area contributed by atoms with Gasteiger partial charge in [0.1, 0.15) is 4.60 Å². The zero-order chi connectivity index (χ0) is 11.7. The van der Waals surface area contributed by atoms with E-state index in [9.17, 15) is 0 Å². The summed E-state index contributed by atoms with van der Waals surface area (Å²) in [6, 6.07) is 9.19. The van der Waals surface area contributed by atoms with Gasteiger partial charge in [-0.25, -0.2) is 4.57 Å². The van der Waals surface area contributed by atoms with E-state index in [1.165, 1.54) is 4.57 Å². The number of hydrogen-bond donors (Lipinski definition) is 0. The Bertz CT molecular complexity index is 567. The molecule has 5 heteroatoms. The molecule has 0 atom stereocenters. The highest BCUT2D eigenvalue weighted by Gasteiger charge is 2.13. The van der Waals surface area contributed by atoms with Crippen LogP contribution in [-0.4, -0.2) is 4.57 Å². The van der Waals surface area contributed by atoms with Gasteiger partial charge in [-0.2, -0.15) is 5.26 Å². The average Bonchev–Trinajstić information content (AvgIpc) is 2.54. The molecule has 16 heavy (non-hydrogen) atoms. The number of nitrogens with zero attached hydrogens (tertiary/aromatic N) is 2. The van der Waals surface area contributed by atoms with Gasteiger partial charge < -0.3 is 0 Å². The maximum Gasteiger partial charge on any atom is 0.189 e. The zero-order valence-electron chi connectivity index (χ0n) is 7.92. The summed E-state index contributed by atoms with van der Waals surface area (Å²) >= 11 is 12.6. The summed E-state index contributed by atoms with van der Waals surface area (Å²) in [5.41, 5.74) is 1.74. The van der Waals surface area contributed by atoms with Gasteiger partial charge in [-0.1, -0.05) is 23.7 Å². The van der Waals surface area contributed by atoms with Gasteiger partial charge in [-0.3, -0.25) is 0 Å². The van der Waals surface area contributed by atoms with Crippen molar-refractivity contribution in [1.29, 1.82) is 5.26 Å². The van der Waals surface area contributed by atoms with E-state index in [1.54, 1.807) is 12.1 Å². The second kappa shape index (κ2) is 4.62. The molecule has 0 bridgehead atoms. The molecule has 2 rings (SSSR count). The van der Waals surface area contributed by atoms with Crippen molar-refractivity contribution in [2.24, 2.45) is 0 Å². The largest absolute Gasteiger partial charge is 0.239 e. The van der Waals surface area contributed by atoms with E-state index in [4.69, 9.17) is 16.9 Å². The van der Waals surface area contributed by atoms with Crippen LogP contribution in [-0.2, 0) is 0 Å². The van der Waals surface area contributed by atoms with Gasteiger partial charge in [0, 0.05) is 15.1 Å². The minimum atomic E-state index is 0.675. The molecular weight excluding hydrogens is 355 g/mol. The molecule has 80 valence electrons. The van der Waals surface area contributed by atoms with Crippen LogP contribution < -0.4 is 0 Å². The third-order valence-electron chi connectivity index (χ3n) is 2.13. The highest BCUT2D eigenvalue weighted by atomic mass is 79.9. The summed E-state index contributed by atoms with van der Waals surface area (Å²) in [5.74, 6) is 0. The fourth-order valence-electron chi connectivity index (χ4n) is 1.42. The molecule has 0 saturated carbocycles. The van der Waals surface area contributed by atoms with E-state index in [1.807, 2.05) is 18.2 Å². The van der Waals surface area contributed by atoms with Crippen LogP contribution in [0.25, 0.3) is 11.3 Å². The van der Waals surface area contributed by atoms with Crippen LogP contribution in [0.5, 0.6) is 0 Å². The smallest absolute Gasteiger partial charge is 0.189 e. The third kappa shape index (κ3) is 2.03. The molecule has 0 unspecified atom stereocenters. The van der Waals surface area contributed by atoms with E-state index in [-0.39, 0.29) is 0 Å². The molecule has 1 aromatic carbocycles. The molecule has 0 aliphatic rings. The maximum absolute atomic E-state index is 9.06. The molecule has 0 saturated heterocycles. The normalized spacial score (nSPS) is 10.1. The monoisotopic (exact) mass is 358 g/mol. The lowest BCUT2D eigenvalue weighted by Crippen LogP contribution is -1.91. The summed E-state index contributed by atoms with van der Waals surface area (Å²) in [5, 5.41) is 9.74. The lowest BCUT2D eigenvalue weighted by atomic mass is 10.1. The van der Waals surface area contributed by atoms with Crippen LogP contribution in [0, 0.1) is 11.5 Å². The summed E-state index contributed by atoms with van der Waals surface area (Å²) < 4.78 is 3.09. The molecular formula is C11H5Br2ClN2. The Labute approximate surface area is 115 Å². The van der Waals surface area contributed by atoms with Gasteiger partial charge in [0.25, 0.3) is 0 Å². The van der Waals surface area contributed by atoms with Crippen molar-refractivity contribution >= 4 is 43.5 Å². The van der Waals surface area contributed by atoms with Crippen molar-refractivity contribution in [2.75, 3.05) is 0 Å². The van der Waals surface area contributed by atoms with Crippen molar-refractivity contribution in [1.82, 2.24) is 4.57 Å². The van der Waals surface area contributed by atoms with E-state index in [0.717, 1.165) is 15.7 Å². The fraction of sp³-hybridized carbons (Fsp3) is 0. The number of halogens is 3. The molecule has 0 radical (unpaired) electrons. The highest BCUT2D eigenvalue weighted by Crippen LogP contribution is 2.33. The molecule has 0 aliphatic heterocycles. The number of rotatable bonds is 1. The zero-order valence-corrected chi connectivity index (χ0v) is 11.8. The summed E-state index contributed by atoms with van der Waals surface area (Å²) in [7, 11) is 0. The van der Waals surface area contributed by atoms with Crippen molar-refractivity contribution in [3.05, 3.63) is 44.4 Å². The van der Waals surface area contributed by atoms with Crippen LogP contribution in [0.1, 0.15) is 0 Å². The molecule has 1 aromatic heterocycles. The first-order valence-electron chi connectivity index (χ1n) is 4.36. The van der Waals surface area contributed by atoms with Crippen LogP contribution in [0.4, 0.5) is 0 Å². The minimum Gasteiger partial charge on any atom is -0.239 e. The Kier molecular flexibility index (Phi) is 3.38. The lowest BCUT2D eigenvalue weighted by Gasteiger charge is -2.03. The van der Waals surface area contributed by atoms with Crippen LogP contribution in [0.3, 0.4) is 0 Å². The molecule has 1 heterocycles. The molecule has 0 spiro atoms. The molecule has 0 amide bonds. The van der Waals surface area contributed by atoms with Gasteiger partial charge in [0.05, 0.1) is 5.69 Å². The van der Waals surface area contributed by atoms with Crippen molar-refractivity contribution in [3.63, 3.8) is 0 Å². The Morgan fingerprint density at radius 3 is 2.38 bits per heavy atom. The standard InChI is InChI=1S/C11H5Br2ClN2/c12-9-5-10(13)16(6-15)11(9)7-1-3-8(14)4-2-7/h1-5H. The molecule has 2 aromatic rings. The van der Waals surface area contributed by atoms with Crippen molar-refractivity contribution < 1.29 is 0 Å². The topological polar surface area (TPSA) is 28.7 Å². The second-order valence-electron chi connectivity index (χ2n) is 3.11. The van der Waals surface area contributed by atoms with Crippen molar-refractivity contribution in [3.8, 4) is 17.5 Å². The molecule has 2 nitrogen and oxygen atoms in total. The third-order valence-corrected chi connectivity index (χ3v) is 3.57. The Morgan fingerprint density at radius 1 is 1.19 bits per heavy atom. The van der Waals surface area contributed by atoms with Crippen molar-refractivity contribution in [2.45, 2.75) is 0 Å². The second-order valence-corrected chi connectivity index (χ2v) is 5.21. The van der Waals surface area contributed by atoms with Gasteiger partial charge in [0.15, 0.2) is 6.19 Å². The van der Waals surface area contributed by atoms with Gasteiger partial charge >= 0.3 is 0 Å². The molecule has 0 N–H and O–H groups in total. The molecule has 0 aliphatic carbocycles. The number of hydrogen-bond acceptors (Lipinski definition) is 1. The van der Waals surface area contributed by atoms with Gasteiger partial charge in [-0.15, -0.1) is 0 Å². The quantitative estimate of drug-likeness (QED) is 0.727. The maximum atomic E-state index is 9.06. The van der Waals surface area contributed by atoms with Gasteiger partial charge in [0.2, 0.25) is 0 Å². The van der Waals surface area contributed by atoms with E-state index < -0.39 is 0 Å². The summed E-state index contributed by atoms with van der Waals surface area (Å²) in [6.45, 7) is 0. The van der Waals surface area contributed by atoms with Crippen LogP contribution >= 0.6 is 43.5 Å². The first-order chi connectivity index (χ1) is 7.63. The fourth-order valence-corrected chi connectivity index (χ4v) is 2.97. The predicted octanol–water partition coefficient (Wildman–Crippen LogP) is 4.66. The number of benzene rings is 1. The Balaban J connectivity index is 2.64. The highest BCUT2D eigenvalue weighted by molar-refractivity contribution is 9.11. The number of nitriles is 1. The minimum absolute atomic E-state index is 0.675. The SMILES string of the molecule is N#Cn1c(Br)cc(Br)c1-c1ccc(Cl)cc1. The summed E-state index contributed by atoms with van der Waals surface area (Å²) in [6.07, 6.45) is 2.10. The van der Waals surface area contributed by atoms with Gasteiger partial charge in [-0.05, 0) is 50.1 Å². The Morgan fingerprint density at radius 2 is 1.81 bits per heavy atom. The number of aromatic nitrogens is 1.